The molecule has 0 radical (unpaired) electrons. The van der Waals surface area contributed by atoms with Gasteiger partial charge in [0.15, 0.2) is 11.5 Å². The number of aromatic hydroxyl groups is 2. The lowest BCUT2D eigenvalue weighted by Gasteiger charge is -2.09. The van der Waals surface area contributed by atoms with Crippen molar-refractivity contribution < 1.29 is 15.0 Å². The first-order valence-electron chi connectivity index (χ1n) is 6.00. The van der Waals surface area contributed by atoms with E-state index in [2.05, 4.69) is 10.6 Å². The molecule has 100 valence electrons. The van der Waals surface area contributed by atoms with Crippen molar-refractivity contribution in [1.82, 2.24) is 10.6 Å². The summed E-state index contributed by atoms with van der Waals surface area (Å²) in [6.45, 7) is 4.96. The Morgan fingerprint density at radius 1 is 1.28 bits per heavy atom. The van der Waals surface area contributed by atoms with E-state index in [1.54, 1.807) is 6.07 Å². The standard InChI is InChI=1S/C13H20N2O3/c1-9(2)15-13(18)5-6-14-8-10-3-4-11(16)12(17)7-10/h3-4,7,9,14,16-17H,5-6,8H2,1-2H3,(H,15,18). The number of nitrogens with one attached hydrogen (secondary N) is 2. The molecule has 4 N–H and O–H groups in total. The Balaban J connectivity index is 2.25. The molecule has 5 nitrogen and oxygen atoms in total. The average molecular weight is 252 g/mol. The highest BCUT2D eigenvalue weighted by molar-refractivity contribution is 5.76. The van der Waals surface area contributed by atoms with Gasteiger partial charge in [-0.2, -0.15) is 0 Å². The summed E-state index contributed by atoms with van der Waals surface area (Å²) in [7, 11) is 0. The molecule has 0 aliphatic carbocycles. The highest BCUT2D eigenvalue weighted by Gasteiger charge is 2.03. The Morgan fingerprint density at radius 3 is 2.61 bits per heavy atom. The van der Waals surface area contributed by atoms with E-state index in [0.29, 0.717) is 19.5 Å². The monoisotopic (exact) mass is 252 g/mol. The molecule has 0 saturated carbocycles. The second kappa shape index (κ2) is 6.86. The summed E-state index contributed by atoms with van der Waals surface area (Å²) in [5.74, 6) is -0.243. The minimum absolute atomic E-state index is 0.0195. The lowest BCUT2D eigenvalue weighted by atomic mass is 10.2. The van der Waals surface area contributed by atoms with E-state index in [1.165, 1.54) is 12.1 Å². The summed E-state index contributed by atoms with van der Waals surface area (Å²) in [6.07, 6.45) is 0.419. The van der Waals surface area contributed by atoms with Crippen LogP contribution >= 0.6 is 0 Å². The smallest absolute Gasteiger partial charge is 0.221 e. The van der Waals surface area contributed by atoms with Gasteiger partial charge in [0.1, 0.15) is 0 Å². The number of carbonyl (C=O) groups excluding carboxylic acids is 1. The molecular formula is C13H20N2O3. The van der Waals surface area contributed by atoms with Gasteiger partial charge >= 0.3 is 0 Å². The minimum Gasteiger partial charge on any atom is -0.504 e. The van der Waals surface area contributed by atoms with Crippen molar-refractivity contribution in [2.24, 2.45) is 0 Å². The maximum absolute atomic E-state index is 11.3. The van der Waals surface area contributed by atoms with Gasteiger partial charge in [-0.15, -0.1) is 0 Å². The number of hydrogen-bond donors (Lipinski definition) is 4. The van der Waals surface area contributed by atoms with Crippen molar-refractivity contribution in [3.05, 3.63) is 23.8 Å². The second-order valence-electron chi connectivity index (χ2n) is 4.47. The molecule has 0 bridgehead atoms. The predicted molar refractivity (Wildman–Crippen MR) is 69.4 cm³/mol. The number of rotatable bonds is 6. The van der Waals surface area contributed by atoms with Gasteiger partial charge in [0.25, 0.3) is 0 Å². The summed E-state index contributed by atoms with van der Waals surface area (Å²) < 4.78 is 0. The second-order valence-corrected chi connectivity index (χ2v) is 4.47. The molecule has 0 aromatic heterocycles. The van der Waals surface area contributed by atoms with Crippen LogP contribution in [-0.4, -0.2) is 28.7 Å². The normalized spacial score (nSPS) is 10.6. The highest BCUT2D eigenvalue weighted by Crippen LogP contribution is 2.24. The first-order valence-corrected chi connectivity index (χ1v) is 6.00. The Bertz CT molecular complexity index is 405. The summed E-state index contributed by atoms with van der Waals surface area (Å²) in [6, 6.07) is 4.82. The number of amides is 1. The van der Waals surface area contributed by atoms with Gasteiger partial charge < -0.3 is 20.8 Å². The van der Waals surface area contributed by atoms with Gasteiger partial charge in [0.2, 0.25) is 5.91 Å². The van der Waals surface area contributed by atoms with Crippen LogP contribution in [0.2, 0.25) is 0 Å². The number of phenolic OH excluding ortho intramolecular Hbond substituents is 2. The zero-order valence-corrected chi connectivity index (χ0v) is 10.7. The number of carbonyl (C=O) groups is 1. The fourth-order valence-electron chi connectivity index (χ4n) is 1.51. The maximum atomic E-state index is 11.3. The third-order valence-corrected chi connectivity index (χ3v) is 2.35. The molecule has 0 saturated heterocycles. The summed E-state index contributed by atoms with van der Waals surface area (Å²) in [4.78, 5) is 11.3. The zero-order chi connectivity index (χ0) is 13.5. The Kier molecular flexibility index (Phi) is 5.45. The van der Waals surface area contributed by atoms with Crippen molar-refractivity contribution in [3.63, 3.8) is 0 Å². The van der Waals surface area contributed by atoms with Gasteiger partial charge in [0, 0.05) is 25.6 Å². The van der Waals surface area contributed by atoms with Crippen molar-refractivity contribution in [2.45, 2.75) is 32.9 Å². The fraction of sp³-hybridized carbons (Fsp3) is 0.462. The number of hydrogen-bond acceptors (Lipinski definition) is 4. The Morgan fingerprint density at radius 2 is 2.00 bits per heavy atom. The molecule has 0 spiro atoms. The van der Waals surface area contributed by atoms with E-state index in [4.69, 9.17) is 5.11 Å². The van der Waals surface area contributed by atoms with Gasteiger partial charge in [-0.1, -0.05) is 6.07 Å². The van der Waals surface area contributed by atoms with Crippen molar-refractivity contribution in [1.29, 1.82) is 0 Å². The molecule has 5 heteroatoms. The van der Waals surface area contributed by atoms with E-state index >= 15 is 0 Å². The molecule has 0 aliphatic heterocycles. The quantitative estimate of drug-likeness (QED) is 0.451. The Hall–Kier alpha value is -1.75. The molecule has 1 aromatic carbocycles. The number of phenols is 2. The Labute approximate surface area is 107 Å². The third-order valence-electron chi connectivity index (χ3n) is 2.35. The molecular weight excluding hydrogens is 232 g/mol. The van der Waals surface area contributed by atoms with Crippen LogP contribution in [0.1, 0.15) is 25.8 Å². The van der Waals surface area contributed by atoms with Crippen LogP contribution in [0.15, 0.2) is 18.2 Å². The van der Waals surface area contributed by atoms with Crippen molar-refractivity contribution >= 4 is 5.91 Å². The average Bonchev–Trinajstić information content (AvgIpc) is 2.28. The molecule has 0 fully saturated rings. The van der Waals surface area contributed by atoms with Gasteiger partial charge in [-0.3, -0.25) is 4.79 Å². The molecule has 0 atom stereocenters. The van der Waals surface area contributed by atoms with Gasteiger partial charge in [-0.25, -0.2) is 0 Å². The largest absolute Gasteiger partial charge is 0.504 e. The SMILES string of the molecule is CC(C)NC(=O)CCNCc1ccc(O)c(O)c1. The van der Waals surface area contributed by atoms with Gasteiger partial charge in [0.05, 0.1) is 0 Å². The molecule has 0 unspecified atom stereocenters. The zero-order valence-electron chi connectivity index (χ0n) is 10.7. The van der Waals surface area contributed by atoms with Crippen molar-refractivity contribution in [3.8, 4) is 11.5 Å². The summed E-state index contributed by atoms with van der Waals surface area (Å²) >= 11 is 0. The van der Waals surface area contributed by atoms with Gasteiger partial charge in [-0.05, 0) is 31.5 Å². The fourth-order valence-corrected chi connectivity index (χ4v) is 1.51. The third kappa shape index (κ3) is 5.05. The minimum atomic E-state index is -0.133. The molecule has 1 amide bonds. The summed E-state index contributed by atoms with van der Waals surface area (Å²) in [5.41, 5.74) is 0.856. The van der Waals surface area contributed by atoms with E-state index in [-0.39, 0.29) is 23.4 Å². The van der Waals surface area contributed by atoms with E-state index in [9.17, 15) is 9.90 Å². The first-order chi connectivity index (χ1) is 8.49. The first kappa shape index (κ1) is 14.3. The van der Waals surface area contributed by atoms with Crippen LogP contribution in [-0.2, 0) is 11.3 Å². The molecule has 0 aliphatic rings. The van der Waals surface area contributed by atoms with E-state index in [0.717, 1.165) is 5.56 Å². The van der Waals surface area contributed by atoms with Crippen molar-refractivity contribution in [2.75, 3.05) is 6.54 Å². The highest BCUT2D eigenvalue weighted by atomic mass is 16.3. The van der Waals surface area contributed by atoms with Crippen LogP contribution in [0, 0.1) is 0 Å². The van der Waals surface area contributed by atoms with Crippen LogP contribution in [0.5, 0.6) is 11.5 Å². The molecule has 1 rings (SSSR count). The van der Waals surface area contributed by atoms with Crippen LogP contribution in [0.25, 0.3) is 0 Å². The lowest BCUT2D eigenvalue weighted by Crippen LogP contribution is -2.32. The summed E-state index contributed by atoms with van der Waals surface area (Å²) in [5, 5.41) is 24.4. The number of benzene rings is 1. The van der Waals surface area contributed by atoms with Crippen LogP contribution < -0.4 is 10.6 Å². The van der Waals surface area contributed by atoms with E-state index < -0.39 is 0 Å². The van der Waals surface area contributed by atoms with Crippen LogP contribution in [0.3, 0.4) is 0 Å². The molecule has 18 heavy (non-hydrogen) atoms. The lowest BCUT2D eigenvalue weighted by molar-refractivity contribution is -0.121. The molecule has 1 aromatic rings. The molecule has 0 heterocycles. The van der Waals surface area contributed by atoms with E-state index in [1.807, 2.05) is 13.8 Å². The van der Waals surface area contributed by atoms with Crippen LogP contribution in [0.4, 0.5) is 0 Å². The maximum Gasteiger partial charge on any atom is 0.221 e. The topological polar surface area (TPSA) is 81.6 Å². The predicted octanol–water partition coefficient (Wildman–Crippen LogP) is 1.10.